The van der Waals surface area contributed by atoms with E-state index in [2.05, 4.69) is 5.32 Å². The summed E-state index contributed by atoms with van der Waals surface area (Å²) in [7, 11) is 0. The van der Waals surface area contributed by atoms with Gasteiger partial charge in [0.2, 0.25) is 5.91 Å². The number of ether oxygens (including phenoxy) is 1. The first-order valence-electron chi connectivity index (χ1n) is 7.94. The van der Waals surface area contributed by atoms with E-state index in [9.17, 15) is 9.59 Å². The molecule has 1 aliphatic heterocycles. The Morgan fingerprint density at radius 3 is 2.71 bits per heavy atom. The Balaban J connectivity index is 1.72. The lowest BCUT2D eigenvalue weighted by molar-refractivity contribution is -0.115. The zero-order valence-corrected chi connectivity index (χ0v) is 14.4. The van der Waals surface area contributed by atoms with E-state index in [4.69, 9.17) is 4.74 Å². The molecule has 0 saturated carbocycles. The molecule has 1 aliphatic rings. The number of nitrogens with one attached hydrogen (secondary N) is 1. The first-order chi connectivity index (χ1) is 11.6. The monoisotopic (exact) mass is 344 g/mol. The predicted octanol–water partition coefficient (Wildman–Crippen LogP) is 2.71. The standard InChI is InChI=1S/C18H20N2O3S/c1-13-15(18(22)20-7-9-23-10-8-20)5-2-6-16(13)19-17(21)12-14-4-3-11-24-14/h2-6,11H,7-10,12H2,1H3,(H,19,21). The molecule has 1 aromatic heterocycles. The van der Waals surface area contributed by atoms with E-state index in [1.165, 1.54) is 0 Å². The summed E-state index contributed by atoms with van der Waals surface area (Å²) >= 11 is 1.56. The van der Waals surface area contributed by atoms with Crippen molar-refractivity contribution in [3.63, 3.8) is 0 Å². The minimum absolute atomic E-state index is 0.00912. The molecule has 0 radical (unpaired) electrons. The average molecular weight is 344 g/mol. The lowest BCUT2D eigenvalue weighted by atomic mass is 10.0. The smallest absolute Gasteiger partial charge is 0.254 e. The van der Waals surface area contributed by atoms with Crippen molar-refractivity contribution < 1.29 is 14.3 Å². The molecule has 2 heterocycles. The molecule has 0 spiro atoms. The van der Waals surface area contributed by atoms with E-state index in [0.717, 1.165) is 10.4 Å². The van der Waals surface area contributed by atoms with Gasteiger partial charge in [-0.25, -0.2) is 0 Å². The van der Waals surface area contributed by atoms with Crippen LogP contribution in [0.5, 0.6) is 0 Å². The Morgan fingerprint density at radius 1 is 1.21 bits per heavy atom. The number of carbonyl (C=O) groups excluding carboxylic acids is 2. The summed E-state index contributed by atoms with van der Waals surface area (Å²) in [5.41, 5.74) is 2.12. The van der Waals surface area contributed by atoms with Crippen molar-refractivity contribution in [2.45, 2.75) is 13.3 Å². The third-order valence-electron chi connectivity index (χ3n) is 4.05. The molecular formula is C18H20N2O3S. The number of nitrogens with zero attached hydrogens (tertiary/aromatic N) is 1. The van der Waals surface area contributed by atoms with Gasteiger partial charge in [0, 0.05) is 29.2 Å². The van der Waals surface area contributed by atoms with Crippen molar-refractivity contribution in [3.8, 4) is 0 Å². The molecule has 0 atom stereocenters. The normalized spacial score (nSPS) is 14.5. The molecular weight excluding hydrogens is 324 g/mol. The second kappa shape index (κ2) is 7.59. The molecule has 126 valence electrons. The topological polar surface area (TPSA) is 58.6 Å². The third-order valence-corrected chi connectivity index (χ3v) is 4.93. The fraction of sp³-hybridized carbons (Fsp3) is 0.333. The molecule has 0 aliphatic carbocycles. The molecule has 2 amide bonds. The van der Waals surface area contributed by atoms with Crippen molar-refractivity contribution in [3.05, 3.63) is 51.7 Å². The third kappa shape index (κ3) is 3.83. The Hall–Kier alpha value is -2.18. The van der Waals surface area contributed by atoms with Gasteiger partial charge in [0.15, 0.2) is 0 Å². The van der Waals surface area contributed by atoms with Crippen LogP contribution < -0.4 is 5.32 Å². The summed E-state index contributed by atoms with van der Waals surface area (Å²) in [5.74, 6) is -0.0818. The SMILES string of the molecule is Cc1c(NC(=O)Cc2cccs2)cccc1C(=O)N1CCOCC1. The van der Waals surface area contributed by atoms with Crippen LogP contribution in [0.4, 0.5) is 5.69 Å². The fourth-order valence-electron chi connectivity index (χ4n) is 2.71. The van der Waals surface area contributed by atoms with Crippen molar-refractivity contribution >= 4 is 28.8 Å². The van der Waals surface area contributed by atoms with Crippen LogP contribution in [0.25, 0.3) is 0 Å². The van der Waals surface area contributed by atoms with Gasteiger partial charge in [-0.3, -0.25) is 9.59 Å². The van der Waals surface area contributed by atoms with Crippen LogP contribution in [0, 0.1) is 6.92 Å². The first kappa shape index (κ1) is 16.7. The lowest BCUT2D eigenvalue weighted by Gasteiger charge is -2.27. The van der Waals surface area contributed by atoms with Crippen LogP contribution in [0.1, 0.15) is 20.8 Å². The second-order valence-corrected chi connectivity index (χ2v) is 6.72. The maximum Gasteiger partial charge on any atom is 0.254 e. The Bertz CT molecular complexity index is 722. The van der Waals surface area contributed by atoms with E-state index in [1.807, 2.05) is 36.6 Å². The van der Waals surface area contributed by atoms with Crippen molar-refractivity contribution in [1.82, 2.24) is 4.90 Å². The zero-order chi connectivity index (χ0) is 16.9. The highest BCUT2D eigenvalue weighted by Crippen LogP contribution is 2.21. The second-order valence-electron chi connectivity index (χ2n) is 5.69. The number of benzene rings is 1. The summed E-state index contributed by atoms with van der Waals surface area (Å²) in [6.07, 6.45) is 0.346. The number of rotatable bonds is 4. The van der Waals surface area contributed by atoms with Crippen molar-refractivity contribution in [2.75, 3.05) is 31.6 Å². The molecule has 24 heavy (non-hydrogen) atoms. The predicted molar refractivity (Wildman–Crippen MR) is 94.6 cm³/mol. The molecule has 1 N–H and O–H groups in total. The van der Waals surface area contributed by atoms with E-state index in [-0.39, 0.29) is 11.8 Å². The Morgan fingerprint density at radius 2 is 2.00 bits per heavy atom. The molecule has 3 rings (SSSR count). The van der Waals surface area contributed by atoms with Gasteiger partial charge in [-0.05, 0) is 36.1 Å². The summed E-state index contributed by atoms with van der Waals surface area (Å²) in [6.45, 7) is 4.22. The number of amides is 2. The average Bonchev–Trinajstić information content (AvgIpc) is 3.10. The molecule has 1 fully saturated rings. The van der Waals surface area contributed by atoms with E-state index < -0.39 is 0 Å². The number of hydrogen-bond acceptors (Lipinski definition) is 4. The van der Waals surface area contributed by atoms with Gasteiger partial charge in [0.1, 0.15) is 0 Å². The molecule has 2 aromatic rings. The largest absolute Gasteiger partial charge is 0.378 e. The Labute approximate surface area is 145 Å². The quantitative estimate of drug-likeness (QED) is 0.928. The van der Waals surface area contributed by atoms with Crippen LogP contribution in [-0.2, 0) is 16.0 Å². The minimum Gasteiger partial charge on any atom is -0.378 e. The van der Waals surface area contributed by atoms with E-state index in [1.54, 1.807) is 22.3 Å². The van der Waals surface area contributed by atoms with E-state index in [0.29, 0.717) is 44.0 Å². The van der Waals surface area contributed by atoms with Crippen molar-refractivity contribution in [1.29, 1.82) is 0 Å². The number of morpholine rings is 1. The fourth-order valence-corrected chi connectivity index (χ4v) is 3.41. The number of anilines is 1. The van der Waals surface area contributed by atoms with Gasteiger partial charge >= 0.3 is 0 Å². The number of hydrogen-bond donors (Lipinski definition) is 1. The maximum atomic E-state index is 12.7. The van der Waals surface area contributed by atoms with E-state index >= 15 is 0 Å². The molecule has 1 saturated heterocycles. The van der Waals surface area contributed by atoms with Gasteiger partial charge < -0.3 is 15.0 Å². The highest BCUT2D eigenvalue weighted by atomic mass is 32.1. The zero-order valence-electron chi connectivity index (χ0n) is 13.6. The van der Waals surface area contributed by atoms with Crippen LogP contribution in [-0.4, -0.2) is 43.0 Å². The van der Waals surface area contributed by atoms with Gasteiger partial charge in [0.25, 0.3) is 5.91 Å². The van der Waals surface area contributed by atoms with Gasteiger partial charge in [-0.15, -0.1) is 11.3 Å². The van der Waals surface area contributed by atoms with Gasteiger partial charge in [-0.2, -0.15) is 0 Å². The molecule has 0 bridgehead atoms. The number of thiophene rings is 1. The first-order valence-corrected chi connectivity index (χ1v) is 8.82. The van der Waals surface area contributed by atoms with Crippen LogP contribution in [0.2, 0.25) is 0 Å². The molecule has 6 heteroatoms. The van der Waals surface area contributed by atoms with Crippen LogP contribution in [0.3, 0.4) is 0 Å². The molecule has 0 unspecified atom stereocenters. The Kier molecular flexibility index (Phi) is 5.27. The maximum absolute atomic E-state index is 12.7. The van der Waals surface area contributed by atoms with Crippen LogP contribution >= 0.6 is 11.3 Å². The van der Waals surface area contributed by atoms with Crippen molar-refractivity contribution in [2.24, 2.45) is 0 Å². The minimum atomic E-state index is -0.0727. The summed E-state index contributed by atoms with van der Waals surface area (Å²) in [5, 5.41) is 4.87. The molecule has 1 aromatic carbocycles. The van der Waals surface area contributed by atoms with Gasteiger partial charge in [0.05, 0.1) is 19.6 Å². The summed E-state index contributed by atoms with van der Waals surface area (Å²) < 4.78 is 5.29. The summed E-state index contributed by atoms with van der Waals surface area (Å²) in [4.78, 5) is 27.7. The molecule has 5 nitrogen and oxygen atoms in total. The highest BCUT2D eigenvalue weighted by molar-refractivity contribution is 7.10. The van der Waals surface area contributed by atoms with Crippen LogP contribution in [0.15, 0.2) is 35.7 Å². The highest BCUT2D eigenvalue weighted by Gasteiger charge is 2.21. The summed E-state index contributed by atoms with van der Waals surface area (Å²) in [6, 6.07) is 9.32. The number of carbonyl (C=O) groups is 2. The van der Waals surface area contributed by atoms with Gasteiger partial charge in [-0.1, -0.05) is 12.1 Å². The lowest BCUT2D eigenvalue weighted by Crippen LogP contribution is -2.41.